The lowest BCUT2D eigenvalue weighted by molar-refractivity contribution is -0.122. The molecule has 6 heteroatoms. The summed E-state index contributed by atoms with van der Waals surface area (Å²) in [4.78, 5) is 11.6. The zero-order valence-electron chi connectivity index (χ0n) is 9.18. The summed E-state index contributed by atoms with van der Waals surface area (Å²) >= 11 is 0. The van der Waals surface area contributed by atoms with Crippen LogP contribution in [0.4, 0.5) is 0 Å². The molecular weight excluding hydrogens is 206 g/mol. The van der Waals surface area contributed by atoms with E-state index in [2.05, 4.69) is 10.4 Å². The third-order valence-electron chi connectivity index (χ3n) is 2.13. The Bertz CT molecular complexity index is 392. The van der Waals surface area contributed by atoms with Gasteiger partial charge in [-0.2, -0.15) is 10.4 Å². The van der Waals surface area contributed by atoms with Crippen LogP contribution in [0.5, 0.6) is 0 Å². The van der Waals surface area contributed by atoms with Gasteiger partial charge in [0.1, 0.15) is 6.04 Å². The zero-order chi connectivity index (χ0) is 12.0. The van der Waals surface area contributed by atoms with Crippen LogP contribution in [-0.2, 0) is 11.8 Å². The van der Waals surface area contributed by atoms with Crippen LogP contribution in [0, 0.1) is 11.3 Å². The molecule has 0 saturated heterocycles. The molecule has 0 radical (unpaired) electrons. The second-order valence-electron chi connectivity index (χ2n) is 3.48. The smallest absolute Gasteiger partial charge is 0.241 e. The highest BCUT2D eigenvalue weighted by Gasteiger charge is 2.16. The van der Waals surface area contributed by atoms with Crippen molar-refractivity contribution in [1.29, 1.82) is 5.26 Å². The first kappa shape index (κ1) is 12.2. The van der Waals surface area contributed by atoms with Gasteiger partial charge in [-0.3, -0.25) is 9.48 Å². The second kappa shape index (κ2) is 5.88. The normalized spacial score (nSPS) is 11.8. The molecule has 0 aromatic carbocycles. The van der Waals surface area contributed by atoms with Crippen molar-refractivity contribution >= 4 is 5.91 Å². The number of hydrogen-bond donors (Lipinski definition) is 2. The van der Waals surface area contributed by atoms with Crippen LogP contribution in [0.2, 0.25) is 0 Å². The Balaban J connectivity index is 2.40. The maximum absolute atomic E-state index is 11.6. The van der Waals surface area contributed by atoms with E-state index < -0.39 is 6.04 Å². The third-order valence-corrected chi connectivity index (χ3v) is 2.13. The van der Waals surface area contributed by atoms with Crippen LogP contribution in [-0.4, -0.2) is 22.2 Å². The van der Waals surface area contributed by atoms with Gasteiger partial charge in [-0.1, -0.05) is 0 Å². The lowest BCUT2D eigenvalue weighted by Crippen LogP contribution is -2.34. The summed E-state index contributed by atoms with van der Waals surface area (Å²) in [6.07, 6.45) is 4.35. The van der Waals surface area contributed by atoms with Gasteiger partial charge < -0.3 is 11.1 Å². The first-order chi connectivity index (χ1) is 7.65. The largest absolute Gasteiger partial charge is 0.354 e. The Morgan fingerprint density at radius 2 is 2.56 bits per heavy atom. The number of hydrogen-bond acceptors (Lipinski definition) is 4. The molecule has 1 unspecified atom stereocenters. The zero-order valence-corrected chi connectivity index (χ0v) is 9.18. The lowest BCUT2D eigenvalue weighted by Gasteiger charge is -2.09. The Labute approximate surface area is 94.0 Å². The molecule has 0 spiro atoms. The number of nitriles is 1. The Morgan fingerprint density at radius 1 is 1.81 bits per heavy atom. The van der Waals surface area contributed by atoms with Gasteiger partial charge in [-0.15, -0.1) is 0 Å². The fourth-order valence-electron chi connectivity index (χ4n) is 1.24. The summed E-state index contributed by atoms with van der Waals surface area (Å²) < 4.78 is 1.60. The van der Waals surface area contributed by atoms with Crippen LogP contribution < -0.4 is 11.1 Å². The van der Waals surface area contributed by atoms with Crippen molar-refractivity contribution in [2.75, 3.05) is 6.54 Å². The number of aryl methyl sites for hydroxylation is 1. The number of unbranched alkanes of at least 4 members (excludes halogenated alkanes) is 1. The summed E-state index contributed by atoms with van der Waals surface area (Å²) in [6, 6.07) is 1.31. The molecule has 3 N–H and O–H groups in total. The number of carbonyl (C=O) groups excluding carboxylic acids is 1. The van der Waals surface area contributed by atoms with Gasteiger partial charge in [0.05, 0.1) is 12.3 Å². The Morgan fingerprint density at radius 3 is 3.12 bits per heavy atom. The van der Waals surface area contributed by atoms with E-state index in [0.29, 0.717) is 24.9 Å². The SMILES string of the molecule is Cn1cc(C(N)C(=O)NCCCC#N)cn1. The average molecular weight is 221 g/mol. The highest BCUT2D eigenvalue weighted by atomic mass is 16.2. The number of aromatic nitrogens is 2. The van der Waals surface area contributed by atoms with Crippen LogP contribution in [0.15, 0.2) is 12.4 Å². The monoisotopic (exact) mass is 221 g/mol. The molecule has 1 heterocycles. The minimum Gasteiger partial charge on any atom is -0.354 e. The van der Waals surface area contributed by atoms with Crippen molar-refractivity contribution < 1.29 is 4.79 Å². The van der Waals surface area contributed by atoms with E-state index >= 15 is 0 Å². The van der Waals surface area contributed by atoms with Gasteiger partial charge >= 0.3 is 0 Å². The first-order valence-electron chi connectivity index (χ1n) is 5.04. The minimum absolute atomic E-state index is 0.245. The Kier molecular flexibility index (Phi) is 4.48. The van der Waals surface area contributed by atoms with Crippen LogP contribution in [0.3, 0.4) is 0 Å². The average Bonchev–Trinajstić information content (AvgIpc) is 2.70. The van der Waals surface area contributed by atoms with Gasteiger partial charge in [0.2, 0.25) is 5.91 Å². The summed E-state index contributed by atoms with van der Waals surface area (Å²) in [7, 11) is 1.76. The van der Waals surface area contributed by atoms with Crippen molar-refractivity contribution in [2.24, 2.45) is 12.8 Å². The molecule has 0 bridgehead atoms. The van der Waals surface area contributed by atoms with E-state index in [1.165, 1.54) is 0 Å². The number of nitrogens with zero attached hydrogens (tertiary/aromatic N) is 3. The van der Waals surface area contributed by atoms with Gasteiger partial charge in [-0.05, 0) is 6.42 Å². The van der Waals surface area contributed by atoms with Gasteiger partial charge in [-0.25, -0.2) is 0 Å². The molecule has 1 aromatic heterocycles. The molecule has 1 aromatic rings. The molecule has 1 amide bonds. The molecular formula is C10H15N5O. The molecule has 0 aliphatic heterocycles. The lowest BCUT2D eigenvalue weighted by atomic mass is 10.1. The third kappa shape index (κ3) is 3.37. The number of nitrogens with two attached hydrogens (primary N) is 1. The number of carbonyl (C=O) groups is 1. The van der Waals surface area contributed by atoms with Gasteiger partial charge in [0.15, 0.2) is 0 Å². The number of rotatable bonds is 5. The van der Waals surface area contributed by atoms with E-state index in [0.717, 1.165) is 0 Å². The van der Waals surface area contributed by atoms with E-state index in [1.807, 2.05) is 6.07 Å². The molecule has 0 fully saturated rings. The Hall–Kier alpha value is -1.87. The maximum atomic E-state index is 11.6. The maximum Gasteiger partial charge on any atom is 0.241 e. The minimum atomic E-state index is -0.698. The topological polar surface area (TPSA) is 96.7 Å². The first-order valence-corrected chi connectivity index (χ1v) is 5.04. The summed E-state index contributed by atoms with van der Waals surface area (Å²) in [5, 5.41) is 14.9. The van der Waals surface area contributed by atoms with Crippen molar-refractivity contribution in [3.63, 3.8) is 0 Å². The molecule has 0 saturated carbocycles. The van der Waals surface area contributed by atoms with Crippen LogP contribution in [0.25, 0.3) is 0 Å². The fraction of sp³-hybridized carbons (Fsp3) is 0.500. The fourth-order valence-corrected chi connectivity index (χ4v) is 1.24. The quantitative estimate of drug-likeness (QED) is 0.675. The highest BCUT2D eigenvalue weighted by molar-refractivity contribution is 5.82. The molecule has 86 valence electrons. The van der Waals surface area contributed by atoms with E-state index in [9.17, 15) is 4.79 Å². The van der Waals surface area contributed by atoms with Crippen molar-refractivity contribution in [3.05, 3.63) is 18.0 Å². The molecule has 0 aliphatic carbocycles. The second-order valence-corrected chi connectivity index (χ2v) is 3.48. The number of amides is 1. The molecule has 16 heavy (non-hydrogen) atoms. The van der Waals surface area contributed by atoms with Crippen molar-refractivity contribution in [2.45, 2.75) is 18.9 Å². The predicted octanol–water partition coefficient (Wildman–Crippen LogP) is -0.160. The van der Waals surface area contributed by atoms with E-state index in [1.54, 1.807) is 24.1 Å². The van der Waals surface area contributed by atoms with Gasteiger partial charge in [0, 0.05) is 31.8 Å². The predicted molar refractivity (Wildman–Crippen MR) is 58.0 cm³/mol. The molecule has 6 nitrogen and oxygen atoms in total. The van der Waals surface area contributed by atoms with E-state index in [4.69, 9.17) is 11.0 Å². The highest BCUT2D eigenvalue weighted by Crippen LogP contribution is 2.07. The number of nitrogens with one attached hydrogen (secondary N) is 1. The summed E-state index contributed by atoms with van der Waals surface area (Å²) in [5.41, 5.74) is 6.42. The van der Waals surface area contributed by atoms with Crippen molar-refractivity contribution in [3.8, 4) is 6.07 Å². The van der Waals surface area contributed by atoms with Crippen LogP contribution in [0.1, 0.15) is 24.4 Å². The molecule has 1 rings (SSSR count). The van der Waals surface area contributed by atoms with E-state index in [-0.39, 0.29) is 5.91 Å². The van der Waals surface area contributed by atoms with Gasteiger partial charge in [0.25, 0.3) is 0 Å². The standard InChI is InChI=1S/C10H15N5O/c1-15-7-8(6-14-15)9(12)10(16)13-5-3-2-4-11/h6-7,9H,2-3,5,12H2,1H3,(H,13,16). The van der Waals surface area contributed by atoms with Crippen LogP contribution >= 0.6 is 0 Å². The molecule has 1 atom stereocenters. The molecule has 0 aliphatic rings. The summed E-state index contributed by atoms with van der Waals surface area (Å²) in [5.74, 6) is -0.245. The van der Waals surface area contributed by atoms with Crippen molar-refractivity contribution in [1.82, 2.24) is 15.1 Å². The summed E-state index contributed by atoms with van der Waals surface area (Å²) in [6.45, 7) is 0.473.